The fraction of sp³-hybridized carbons (Fsp3) is 0.533. The van der Waals surface area contributed by atoms with Crippen molar-refractivity contribution in [2.24, 2.45) is 11.0 Å². The van der Waals surface area contributed by atoms with Crippen LogP contribution in [0.1, 0.15) is 61.8 Å². The summed E-state index contributed by atoms with van der Waals surface area (Å²) in [5.74, 6) is -1.68. The summed E-state index contributed by atoms with van der Waals surface area (Å²) in [4.78, 5) is 14.3. The lowest BCUT2D eigenvalue weighted by Crippen LogP contribution is -2.39. The van der Waals surface area contributed by atoms with Gasteiger partial charge in [-0.15, -0.1) is 13.2 Å². The molecule has 2 aromatic rings. The molecule has 0 spiro atoms. The molecule has 0 amide bonds. The number of hydrazine groups is 2. The zero-order chi connectivity index (χ0) is 36.3. The number of hydrogen-bond acceptors (Lipinski definition) is 7. The van der Waals surface area contributed by atoms with Gasteiger partial charge in [0.2, 0.25) is 0 Å². The number of aliphatic carboxylic acids is 1. The molecule has 1 atom stereocenters. The van der Waals surface area contributed by atoms with Crippen LogP contribution in [-0.2, 0) is 30.2 Å². The van der Waals surface area contributed by atoms with Crippen molar-refractivity contribution in [1.29, 1.82) is 0 Å². The maximum absolute atomic E-state index is 13.6. The third kappa shape index (κ3) is 13.7. The predicted octanol–water partition coefficient (Wildman–Crippen LogP) is 7.25. The van der Waals surface area contributed by atoms with E-state index in [1.165, 1.54) is 25.1 Å². The Kier molecular flexibility index (Phi) is 14.6. The fourth-order valence-corrected chi connectivity index (χ4v) is 5.01. The minimum absolute atomic E-state index is 0.00119. The van der Waals surface area contributed by atoms with Crippen molar-refractivity contribution in [2.75, 3.05) is 32.1 Å². The van der Waals surface area contributed by atoms with Crippen LogP contribution in [0.25, 0.3) is 0 Å². The molecular formula is C30H39F9N6O3. The van der Waals surface area contributed by atoms with E-state index in [0.29, 0.717) is 43.8 Å². The van der Waals surface area contributed by atoms with Gasteiger partial charge in [0.15, 0.2) is 0 Å². The molecule has 0 aromatic heterocycles. The van der Waals surface area contributed by atoms with E-state index in [1.807, 2.05) is 11.8 Å². The Morgan fingerprint density at radius 1 is 0.958 bits per heavy atom. The number of hydrazone groups is 1. The Balaban J connectivity index is 2.67. The topological polar surface area (TPSA) is 92.7 Å². The van der Waals surface area contributed by atoms with Crippen molar-refractivity contribution in [1.82, 2.24) is 21.0 Å². The van der Waals surface area contributed by atoms with Crippen LogP contribution >= 0.6 is 0 Å². The Morgan fingerprint density at radius 2 is 1.58 bits per heavy atom. The molecule has 48 heavy (non-hydrogen) atoms. The smallest absolute Gasteiger partial charge is 0.481 e. The van der Waals surface area contributed by atoms with E-state index >= 15 is 0 Å². The van der Waals surface area contributed by atoms with Crippen molar-refractivity contribution in [3.63, 3.8) is 0 Å². The number of benzene rings is 2. The molecule has 0 radical (unpaired) electrons. The Morgan fingerprint density at radius 3 is 2.08 bits per heavy atom. The van der Waals surface area contributed by atoms with Gasteiger partial charge in [-0.2, -0.15) is 37.0 Å². The Labute approximate surface area is 272 Å². The van der Waals surface area contributed by atoms with Gasteiger partial charge in [-0.25, -0.2) is 10.5 Å². The van der Waals surface area contributed by atoms with Crippen molar-refractivity contribution in [3.05, 3.63) is 58.7 Å². The van der Waals surface area contributed by atoms with E-state index in [9.17, 15) is 49.4 Å². The molecule has 1 unspecified atom stereocenters. The Bertz CT molecular complexity index is 1320. The lowest BCUT2D eigenvalue weighted by Gasteiger charge is -2.32. The van der Waals surface area contributed by atoms with Gasteiger partial charge in [-0.1, -0.05) is 13.3 Å². The largest absolute Gasteiger partial charge is 0.573 e. The maximum Gasteiger partial charge on any atom is 0.573 e. The lowest BCUT2D eigenvalue weighted by molar-refractivity contribution is -0.274. The second-order valence-electron chi connectivity index (χ2n) is 10.9. The molecule has 270 valence electrons. The fourth-order valence-electron chi connectivity index (χ4n) is 5.01. The average Bonchev–Trinajstić information content (AvgIpc) is 2.96. The number of nitrogens with zero attached hydrogens (tertiary/aromatic N) is 4. The molecule has 0 bridgehead atoms. The summed E-state index contributed by atoms with van der Waals surface area (Å²) < 4.78 is 125. The van der Waals surface area contributed by atoms with Crippen LogP contribution in [-0.4, -0.2) is 61.0 Å². The number of halogens is 9. The molecule has 0 saturated carbocycles. The number of rotatable bonds is 18. The van der Waals surface area contributed by atoms with Gasteiger partial charge in [-0.05, 0) is 73.2 Å². The monoisotopic (exact) mass is 702 g/mol. The third-order valence-corrected chi connectivity index (χ3v) is 7.02. The SMILES string of the molecule is CCCC(CCC(=O)O)CN(CC)c1ccc(OC(F)(F)F)cc1CN(/C=N/N(C)NNC)Cc1cc(C(F)(F)F)cc(C(F)(F)F)c1. The number of ether oxygens (including phenoxy) is 1. The van der Waals surface area contributed by atoms with E-state index in [0.717, 1.165) is 30.0 Å². The molecule has 0 aliphatic carbocycles. The molecular weight excluding hydrogens is 663 g/mol. The van der Waals surface area contributed by atoms with E-state index in [-0.39, 0.29) is 36.1 Å². The van der Waals surface area contributed by atoms with Crippen LogP contribution < -0.4 is 20.6 Å². The van der Waals surface area contributed by atoms with Crippen LogP contribution in [0.5, 0.6) is 5.75 Å². The second-order valence-corrected chi connectivity index (χ2v) is 10.9. The van der Waals surface area contributed by atoms with Crippen LogP contribution in [0.3, 0.4) is 0 Å². The summed E-state index contributed by atoms with van der Waals surface area (Å²) in [6.45, 7) is 3.48. The molecule has 0 fully saturated rings. The molecule has 9 nitrogen and oxygen atoms in total. The number of hydrogen-bond donors (Lipinski definition) is 3. The highest BCUT2D eigenvalue weighted by Gasteiger charge is 2.37. The summed E-state index contributed by atoms with van der Waals surface area (Å²) in [7, 11) is 2.94. The average molecular weight is 703 g/mol. The maximum atomic E-state index is 13.6. The van der Waals surface area contributed by atoms with Gasteiger partial charge >= 0.3 is 24.7 Å². The molecule has 3 N–H and O–H groups in total. The van der Waals surface area contributed by atoms with Crippen LogP contribution in [0, 0.1) is 5.92 Å². The zero-order valence-corrected chi connectivity index (χ0v) is 26.7. The first-order chi connectivity index (χ1) is 22.2. The molecule has 0 saturated heterocycles. The molecule has 0 aliphatic heterocycles. The minimum atomic E-state index is -5.10. The van der Waals surface area contributed by atoms with E-state index < -0.39 is 48.1 Å². The van der Waals surface area contributed by atoms with Gasteiger partial charge in [0.25, 0.3) is 0 Å². The van der Waals surface area contributed by atoms with Gasteiger partial charge < -0.3 is 19.6 Å². The first-order valence-electron chi connectivity index (χ1n) is 14.8. The third-order valence-electron chi connectivity index (χ3n) is 7.02. The van der Waals surface area contributed by atoms with Gasteiger partial charge in [0.1, 0.15) is 12.1 Å². The minimum Gasteiger partial charge on any atom is -0.481 e. The van der Waals surface area contributed by atoms with Crippen LogP contribution in [0.4, 0.5) is 45.2 Å². The summed E-state index contributed by atoms with van der Waals surface area (Å²) >= 11 is 0. The highest BCUT2D eigenvalue weighted by Crippen LogP contribution is 2.37. The van der Waals surface area contributed by atoms with Crippen molar-refractivity contribution >= 4 is 18.0 Å². The van der Waals surface area contributed by atoms with Crippen molar-refractivity contribution in [3.8, 4) is 5.75 Å². The van der Waals surface area contributed by atoms with Gasteiger partial charge in [0, 0.05) is 52.4 Å². The van der Waals surface area contributed by atoms with E-state index in [4.69, 9.17) is 0 Å². The predicted molar refractivity (Wildman–Crippen MR) is 160 cm³/mol. The first-order valence-corrected chi connectivity index (χ1v) is 14.8. The van der Waals surface area contributed by atoms with E-state index in [2.05, 4.69) is 20.8 Å². The summed E-state index contributed by atoms with van der Waals surface area (Å²) in [5, 5.41) is 14.4. The molecule has 18 heteroatoms. The van der Waals surface area contributed by atoms with Gasteiger partial charge in [0.05, 0.1) is 11.1 Å². The number of nitrogens with one attached hydrogen (secondary N) is 2. The zero-order valence-electron chi connectivity index (χ0n) is 26.7. The number of alkyl halides is 9. The summed E-state index contributed by atoms with van der Waals surface area (Å²) in [6.07, 6.45) is -12.5. The Hall–Kier alpha value is -3.93. The highest BCUT2D eigenvalue weighted by molar-refractivity contribution is 5.66. The number of carboxylic acid groups (broad SMARTS) is 1. The second kappa shape index (κ2) is 17.5. The molecule has 0 heterocycles. The molecule has 2 aromatic carbocycles. The van der Waals surface area contributed by atoms with Gasteiger partial charge in [-0.3, -0.25) is 4.79 Å². The summed E-state index contributed by atoms with van der Waals surface area (Å²) in [5.41, 5.74) is 2.30. The van der Waals surface area contributed by atoms with E-state index in [1.54, 1.807) is 6.92 Å². The number of anilines is 1. The molecule has 2 rings (SSSR count). The lowest BCUT2D eigenvalue weighted by atomic mass is 9.96. The standard InChI is InChI=1S/C30H39F9N6O3/c1-5-7-20(8-11-27(46)47)17-45(6-2)26-10-9-25(48-30(37,38)39)14-22(26)18-44(19-41-43(4)42-40-3)16-21-12-23(28(31,32)33)15-24(13-21)29(34,35)36/h9-10,12-15,19-20,40,42H,5-8,11,16-18H2,1-4H3,(H,46,47)/b41-19+. The van der Waals surface area contributed by atoms with Crippen LogP contribution in [0.2, 0.25) is 0 Å². The first kappa shape index (κ1) is 40.2. The number of carbonyl (C=O) groups is 1. The van der Waals surface area contributed by atoms with Crippen LogP contribution in [0.15, 0.2) is 41.5 Å². The normalized spacial score (nSPS) is 13.1. The highest BCUT2D eigenvalue weighted by atomic mass is 19.4. The quantitative estimate of drug-likeness (QED) is 0.0648. The summed E-state index contributed by atoms with van der Waals surface area (Å²) in [6, 6.07) is 4.67. The van der Waals surface area contributed by atoms with Crippen molar-refractivity contribution in [2.45, 2.75) is 71.3 Å². The molecule has 0 aliphatic rings. The van der Waals surface area contributed by atoms with Crippen molar-refractivity contribution < 1.29 is 54.2 Å². The number of carboxylic acids is 1.